The molecule has 0 saturated heterocycles. The summed E-state index contributed by atoms with van der Waals surface area (Å²) in [5.74, 6) is -0.274. The van der Waals surface area contributed by atoms with Crippen molar-refractivity contribution in [2.45, 2.75) is 38.9 Å². The van der Waals surface area contributed by atoms with Gasteiger partial charge in [0.05, 0.1) is 31.0 Å². The van der Waals surface area contributed by atoms with E-state index >= 15 is 0 Å². The molecule has 1 atom stereocenters. The fourth-order valence-electron chi connectivity index (χ4n) is 2.51. The molecule has 2 aromatic rings. The van der Waals surface area contributed by atoms with Crippen molar-refractivity contribution in [2.75, 3.05) is 7.11 Å². The highest BCUT2D eigenvalue weighted by Crippen LogP contribution is 2.17. The Kier molecular flexibility index (Phi) is 4.09. The summed E-state index contributed by atoms with van der Waals surface area (Å²) in [5, 5.41) is 3.29. The highest BCUT2D eigenvalue weighted by Gasteiger charge is 2.35. The monoisotopic (exact) mass is 275 g/mol. The van der Waals surface area contributed by atoms with Crippen LogP contribution in [0.5, 0.6) is 0 Å². The van der Waals surface area contributed by atoms with E-state index in [1.807, 2.05) is 49.6 Å². The largest absolute Gasteiger partial charge is 0.468 e. The predicted molar refractivity (Wildman–Crippen MR) is 78.4 cm³/mol. The summed E-state index contributed by atoms with van der Waals surface area (Å²) >= 11 is 0. The standard InChI is InChI=1S/C15H21N3O2/c1-11(2)17-15(3,14(19)20-4)9-18-10-16-12-7-5-6-8-13(12)18/h5-8,10-11,17H,9H2,1-4H3. The highest BCUT2D eigenvalue weighted by atomic mass is 16.5. The number of carbonyl (C=O) groups excluding carboxylic acids is 1. The third-order valence-electron chi connectivity index (χ3n) is 3.26. The van der Waals surface area contributed by atoms with Crippen LogP contribution in [-0.2, 0) is 16.1 Å². The van der Waals surface area contributed by atoms with Crippen LogP contribution in [0.1, 0.15) is 20.8 Å². The van der Waals surface area contributed by atoms with Crippen molar-refractivity contribution in [2.24, 2.45) is 0 Å². The van der Waals surface area contributed by atoms with Crippen molar-refractivity contribution in [3.05, 3.63) is 30.6 Å². The van der Waals surface area contributed by atoms with Crippen molar-refractivity contribution in [1.82, 2.24) is 14.9 Å². The van der Waals surface area contributed by atoms with E-state index in [1.54, 1.807) is 6.33 Å². The first kappa shape index (κ1) is 14.5. The molecule has 1 N–H and O–H groups in total. The lowest BCUT2D eigenvalue weighted by Crippen LogP contribution is -2.55. The Balaban J connectivity index is 2.34. The molecular formula is C15H21N3O2. The maximum absolute atomic E-state index is 12.1. The van der Waals surface area contributed by atoms with Gasteiger partial charge in [-0.1, -0.05) is 12.1 Å². The molecule has 0 saturated carbocycles. The zero-order valence-corrected chi connectivity index (χ0v) is 12.4. The Labute approximate surface area is 118 Å². The summed E-state index contributed by atoms with van der Waals surface area (Å²) in [4.78, 5) is 16.5. The van der Waals surface area contributed by atoms with Gasteiger partial charge in [0.15, 0.2) is 0 Å². The quantitative estimate of drug-likeness (QED) is 0.848. The molecule has 1 aromatic heterocycles. The van der Waals surface area contributed by atoms with Crippen molar-refractivity contribution in [3.8, 4) is 0 Å². The first-order valence-electron chi connectivity index (χ1n) is 6.72. The van der Waals surface area contributed by atoms with Gasteiger partial charge in [-0.15, -0.1) is 0 Å². The SMILES string of the molecule is COC(=O)C(C)(Cn1cnc2ccccc21)NC(C)C. The van der Waals surface area contributed by atoms with Gasteiger partial charge < -0.3 is 9.30 Å². The molecule has 1 aromatic carbocycles. The molecule has 108 valence electrons. The van der Waals surface area contributed by atoms with Gasteiger partial charge in [-0.3, -0.25) is 5.32 Å². The van der Waals surface area contributed by atoms with E-state index in [4.69, 9.17) is 4.74 Å². The van der Waals surface area contributed by atoms with Gasteiger partial charge >= 0.3 is 5.97 Å². The maximum atomic E-state index is 12.1. The van der Waals surface area contributed by atoms with Crippen LogP contribution in [0.2, 0.25) is 0 Å². The third-order valence-corrected chi connectivity index (χ3v) is 3.26. The molecule has 2 rings (SSSR count). The number of nitrogens with one attached hydrogen (secondary N) is 1. The molecule has 0 aliphatic carbocycles. The molecule has 0 bridgehead atoms. The molecule has 5 heteroatoms. The molecule has 0 amide bonds. The minimum atomic E-state index is -0.785. The van der Waals surface area contributed by atoms with E-state index in [9.17, 15) is 4.79 Å². The molecular weight excluding hydrogens is 254 g/mol. The normalized spacial score (nSPS) is 14.4. The second-order valence-corrected chi connectivity index (χ2v) is 5.48. The Morgan fingerprint density at radius 1 is 1.45 bits per heavy atom. The van der Waals surface area contributed by atoms with Gasteiger partial charge in [-0.2, -0.15) is 0 Å². The average Bonchev–Trinajstić information content (AvgIpc) is 2.80. The zero-order valence-electron chi connectivity index (χ0n) is 12.4. The van der Waals surface area contributed by atoms with Gasteiger partial charge in [-0.05, 0) is 32.9 Å². The van der Waals surface area contributed by atoms with Crippen molar-refractivity contribution in [3.63, 3.8) is 0 Å². The number of aromatic nitrogens is 2. The number of para-hydroxylation sites is 2. The summed E-state index contributed by atoms with van der Waals surface area (Å²) < 4.78 is 6.92. The van der Waals surface area contributed by atoms with Crippen LogP contribution in [0.4, 0.5) is 0 Å². The fraction of sp³-hybridized carbons (Fsp3) is 0.467. The lowest BCUT2D eigenvalue weighted by Gasteiger charge is -2.30. The van der Waals surface area contributed by atoms with E-state index in [-0.39, 0.29) is 12.0 Å². The van der Waals surface area contributed by atoms with E-state index < -0.39 is 5.54 Å². The Morgan fingerprint density at radius 2 is 2.15 bits per heavy atom. The van der Waals surface area contributed by atoms with Gasteiger partial charge in [0, 0.05) is 6.04 Å². The van der Waals surface area contributed by atoms with Crippen LogP contribution in [0, 0.1) is 0 Å². The molecule has 1 heterocycles. The van der Waals surface area contributed by atoms with Crippen LogP contribution in [0.25, 0.3) is 11.0 Å². The number of esters is 1. The second kappa shape index (κ2) is 5.63. The molecule has 1 unspecified atom stereocenters. The van der Waals surface area contributed by atoms with Crippen molar-refractivity contribution < 1.29 is 9.53 Å². The van der Waals surface area contributed by atoms with Gasteiger partial charge in [0.25, 0.3) is 0 Å². The molecule has 0 aliphatic heterocycles. The number of benzene rings is 1. The first-order chi connectivity index (χ1) is 9.46. The minimum Gasteiger partial charge on any atom is -0.468 e. The first-order valence-corrected chi connectivity index (χ1v) is 6.72. The summed E-state index contributed by atoms with van der Waals surface area (Å²) in [6.07, 6.45) is 1.76. The average molecular weight is 275 g/mol. The lowest BCUT2D eigenvalue weighted by molar-refractivity contribution is -0.148. The van der Waals surface area contributed by atoms with Crippen LogP contribution in [0.15, 0.2) is 30.6 Å². The number of methoxy groups -OCH3 is 1. The Morgan fingerprint density at radius 3 is 2.80 bits per heavy atom. The number of hydrogen-bond donors (Lipinski definition) is 1. The smallest absolute Gasteiger partial charge is 0.327 e. The van der Waals surface area contributed by atoms with Gasteiger partial charge in [0.1, 0.15) is 5.54 Å². The molecule has 5 nitrogen and oxygen atoms in total. The number of hydrogen-bond acceptors (Lipinski definition) is 4. The number of fused-ring (bicyclic) bond motifs is 1. The molecule has 0 aliphatic rings. The Hall–Kier alpha value is -1.88. The number of imidazole rings is 1. The number of nitrogens with zero attached hydrogens (tertiary/aromatic N) is 2. The minimum absolute atomic E-state index is 0.175. The van der Waals surface area contributed by atoms with Crippen molar-refractivity contribution >= 4 is 17.0 Å². The molecule has 0 radical (unpaired) electrons. The van der Waals surface area contributed by atoms with E-state index in [2.05, 4.69) is 10.3 Å². The third kappa shape index (κ3) is 2.82. The van der Waals surface area contributed by atoms with Crippen LogP contribution in [-0.4, -0.2) is 34.2 Å². The second-order valence-electron chi connectivity index (χ2n) is 5.48. The summed E-state index contributed by atoms with van der Waals surface area (Å²) in [6.45, 7) is 6.34. The summed E-state index contributed by atoms with van der Waals surface area (Å²) in [6, 6.07) is 8.04. The zero-order chi connectivity index (χ0) is 14.8. The van der Waals surface area contributed by atoms with Crippen LogP contribution in [0.3, 0.4) is 0 Å². The molecule has 20 heavy (non-hydrogen) atoms. The summed E-state index contributed by atoms with van der Waals surface area (Å²) in [7, 11) is 1.41. The topological polar surface area (TPSA) is 56.2 Å². The van der Waals surface area contributed by atoms with E-state index in [0.29, 0.717) is 6.54 Å². The maximum Gasteiger partial charge on any atom is 0.327 e. The fourth-order valence-corrected chi connectivity index (χ4v) is 2.51. The predicted octanol–water partition coefficient (Wildman–Crippen LogP) is 1.97. The van der Waals surface area contributed by atoms with E-state index in [0.717, 1.165) is 11.0 Å². The Bertz CT molecular complexity index is 606. The number of ether oxygens (including phenoxy) is 1. The number of rotatable bonds is 5. The number of carbonyl (C=O) groups is 1. The highest BCUT2D eigenvalue weighted by molar-refractivity contribution is 5.81. The van der Waals surface area contributed by atoms with Gasteiger partial charge in [0.2, 0.25) is 0 Å². The van der Waals surface area contributed by atoms with Crippen LogP contribution >= 0.6 is 0 Å². The van der Waals surface area contributed by atoms with Crippen molar-refractivity contribution in [1.29, 1.82) is 0 Å². The van der Waals surface area contributed by atoms with Crippen LogP contribution < -0.4 is 5.32 Å². The summed E-state index contributed by atoms with van der Waals surface area (Å²) in [5.41, 5.74) is 1.14. The molecule has 0 spiro atoms. The lowest BCUT2D eigenvalue weighted by atomic mass is 10.0. The van der Waals surface area contributed by atoms with E-state index in [1.165, 1.54) is 7.11 Å². The van der Waals surface area contributed by atoms with Gasteiger partial charge in [-0.25, -0.2) is 9.78 Å². The molecule has 0 fully saturated rings.